The molecule has 9 nitrogen and oxygen atoms in total. The molecule has 1 fully saturated rings. The van der Waals surface area contributed by atoms with E-state index in [0.717, 1.165) is 21.8 Å². The molecule has 0 saturated carbocycles. The van der Waals surface area contributed by atoms with Gasteiger partial charge in [0.15, 0.2) is 0 Å². The van der Waals surface area contributed by atoms with E-state index in [1.54, 1.807) is 0 Å². The van der Waals surface area contributed by atoms with Crippen LogP contribution in [-0.4, -0.2) is 52.7 Å². The molecule has 0 spiro atoms. The second-order valence-corrected chi connectivity index (χ2v) is 6.02. The zero-order valence-electron chi connectivity index (χ0n) is 15.1. The van der Waals surface area contributed by atoms with Crippen molar-refractivity contribution in [3.63, 3.8) is 0 Å². The Balaban J connectivity index is 1.77. The summed E-state index contributed by atoms with van der Waals surface area (Å²) in [6, 6.07) is 7.76. The van der Waals surface area contributed by atoms with E-state index in [9.17, 15) is 24.0 Å². The molecule has 1 heterocycles. The molecule has 7 amide bonds. The van der Waals surface area contributed by atoms with Gasteiger partial charge in [0.1, 0.15) is 0 Å². The fourth-order valence-corrected chi connectivity index (χ4v) is 2.49. The summed E-state index contributed by atoms with van der Waals surface area (Å²) in [5, 5.41) is 4.66. The maximum absolute atomic E-state index is 12.1. The van der Waals surface area contributed by atoms with Crippen molar-refractivity contribution in [1.82, 2.24) is 20.4 Å². The molecule has 0 bridgehead atoms. The van der Waals surface area contributed by atoms with E-state index >= 15 is 0 Å². The maximum atomic E-state index is 12.1. The van der Waals surface area contributed by atoms with Gasteiger partial charge in [-0.25, -0.2) is 9.59 Å². The Morgan fingerprint density at radius 2 is 1.59 bits per heavy atom. The summed E-state index contributed by atoms with van der Waals surface area (Å²) in [7, 11) is 0. The first kappa shape index (κ1) is 20.1. The first-order valence-corrected chi connectivity index (χ1v) is 8.73. The van der Waals surface area contributed by atoms with E-state index in [1.165, 1.54) is 0 Å². The molecule has 9 heteroatoms. The van der Waals surface area contributed by atoms with Gasteiger partial charge in [0.2, 0.25) is 5.91 Å². The lowest BCUT2D eigenvalue weighted by Gasteiger charge is -2.15. The van der Waals surface area contributed by atoms with Gasteiger partial charge < -0.3 is 5.32 Å². The number of nitrogens with zero attached hydrogens (tertiary/aromatic N) is 2. The molecule has 1 aromatic rings. The van der Waals surface area contributed by atoms with Crippen LogP contribution >= 0.6 is 0 Å². The number of carbonyl (C=O) groups excluding carboxylic acids is 5. The minimum absolute atomic E-state index is 0.171. The second kappa shape index (κ2) is 9.46. The van der Waals surface area contributed by atoms with Crippen molar-refractivity contribution < 1.29 is 24.0 Å². The lowest BCUT2D eigenvalue weighted by Crippen LogP contribution is -2.41. The van der Waals surface area contributed by atoms with Crippen LogP contribution in [0.3, 0.4) is 0 Å². The highest BCUT2D eigenvalue weighted by Crippen LogP contribution is 2.13. The van der Waals surface area contributed by atoms with E-state index in [-0.39, 0.29) is 26.1 Å². The molecular weight excluding hydrogens is 352 g/mol. The fourth-order valence-electron chi connectivity index (χ4n) is 2.49. The van der Waals surface area contributed by atoms with Crippen LogP contribution in [0.1, 0.15) is 31.7 Å². The molecule has 0 aliphatic carbocycles. The largest absolute Gasteiger partial charge is 0.334 e. The molecule has 0 radical (unpaired) electrons. The van der Waals surface area contributed by atoms with Crippen LogP contribution in [0.25, 0.3) is 0 Å². The van der Waals surface area contributed by atoms with Gasteiger partial charge >= 0.3 is 23.9 Å². The average molecular weight is 374 g/mol. The van der Waals surface area contributed by atoms with Crippen LogP contribution in [0.15, 0.2) is 30.3 Å². The van der Waals surface area contributed by atoms with Crippen molar-refractivity contribution in [3.05, 3.63) is 35.9 Å². The van der Waals surface area contributed by atoms with E-state index in [2.05, 4.69) is 10.6 Å². The van der Waals surface area contributed by atoms with Gasteiger partial charge in [0.05, 0.1) is 0 Å². The van der Waals surface area contributed by atoms with Crippen LogP contribution in [0.5, 0.6) is 0 Å². The van der Waals surface area contributed by atoms with E-state index in [0.29, 0.717) is 6.42 Å². The number of amides is 7. The number of benzene rings is 1. The number of carbonyl (C=O) groups is 5. The van der Waals surface area contributed by atoms with Crippen molar-refractivity contribution in [2.45, 2.75) is 32.7 Å². The van der Waals surface area contributed by atoms with Gasteiger partial charge in [-0.05, 0) is 12.0 Å². The van der Waals surface area contributed by atoms with E-state index in [1.807, 2.05) is 37.3 Å². The first-order valence-electron chi connectivity index (χ1n) is 8.73. The third-order valence-electron chi connectivity index (χ3n) is 3.98. The lowest BCUT2D eigenvalue weighted by molar-refractivity contribution is -0.143. The number of hydrogen-bond donors (Lipinski definition) is 2. The summed E-state index contributed by atoms with van der Waals surface area (Å²) >= 11 is 0. The SMILES string of the molecule is CCCCN1C(=O)C(=O)N(CCC(=O)NC(=O)NCc2ccccc2)C1=O. The molecule has 144 valence electrons. The van der Waals surface area contributed by atoms with Crippen LogP contribution < -0.4 is 10.6 Å². The fraction of sp³-hybridized carbons (Fsp3) is 0.389. The molecule has 1 aromatic carbocycles. The maximum Gasteiger partial charge on any atom is 0.334 e. The third kappa shape index (κ3) is 5.37. The standard InChI is InChI=1S/C18H22N4O5/c1-2-3-10-21-15(24)16(25)22(18(21)27)11-9-14(23)20-17(26)19-12-13-7-5-4-6-8-13/h4-8H,2-3,9-12H2,1H3,(H2,19,20,23,26). The molecule has 1 saturated heterocycles. The zero-order valence-corrected chi connectivity index (χ0v) is 15.1. The van der Waals surface area contributed by atoms with Gasteiger partial charge in [-0.1, -0.05) is 43.7 Å². The minimum atomic E-state index is -0.947. The normalized spacial score (nSPS) is 13.9. The van der Waals surface area contributed by atoms with Crippen molar-refractivity contribution >= 4 is 29.8 Å². The second-order valence-electron chi connectivity index (χ2n) is 6.02. The zero-order chi connectivity index (χ0) is 19.8. The van der Waals surface area contributed by atoms with Crippen molar-refractivity contribution in [3.8, 4) is 0 Å². The lowest BCUT2D eigenvalue weighted by atomic mass is 10.2. The molecule has 1 aliphatic rings. The Kier molecular flexibility index (Phi) is 7.04. The molecule has 27 heavy (non-hydrogen) atoms. The highest BCUT2D eigenvalue weighted by molar-refractivity contribution is 6.44. The predicted octanol–water partition coefficient (Wildman–Crippen LogP) is 0.993. The Hall–Kier alpha value is -3.23. The highest BCUT2D eigenvalue weighted by Gasteiger charge is 2.43. The minimum Gasteiger partial charge on any atom is -0.334 e. The molecule has 2 N–H and O–H groups in total. The van der Waals surface area contributed by atoms with Gasteiger partial charge in [0.25, 0.3) is 0 Å². The summed E-state index contributed by atoms with van der Waals surface area (Å²) in [5.74, 6) is -2.48. The number of nitrogens with one attached hydrogen (secondary N) is 2. The Morgan fingerprint density at radius 1 is 0.963 bits per heavy atom. The number of imide groups is 3. The number of hydrogen-bond acceptors (Lipinski definition) is 5. The smallest absolute Gasteiger partial charge is 0.334 e. The monoisotopic (exact) mass is 374 g/mol. The third-order valence-corrected chi connectivity index (χ3v) is 3.98. The summed E-state index contributed by atoms with van der Waals surface area (Å²) in [5.41, 5.74) is 0.874. The van der Waals surface area contributed by atoms with E-state index in [4.69, 9.17) is 0 Å². The summed E-state index contributed by atoms with van der Waals surface area (Å²) in [6.07, 6.45) is 1.09. The topological polar surface area (TPSA) is 116 Å². The van der Waals surface area contributed by atoms with Gasteiger partial charge in [-0.2, -0.15) is 0 Å². The predicted molar refractivity (Wildman–Crippen MR) is 95.2 cm³/mol. The number of rotatable bonds is 8. The summed E-state index contributed by atoms with van der Waals surface area (Å²) < 4.78 is 0. The average Bonchev–Trinajstić information content (AvgIpc) is 2.86. The van der Waals surface area contributed by atoms with Crippen LogP contribution in [-0.2, 0) is 20.9 Å². The molecule has 1 aliphatic heterocycles. The first-order chi connectivity index (χ1) is 12.9. The Morgan fingerprint density at radius 3 is 2.22 bits per heavy atom. The van der Waals surface area contributed by atoms with Crippen LogP contribution in [0.4, 0.5) is 9.59 Å². The molecule has 2 rings (SSSR count). The molecule has 0 aromatic heterocycles. The Bertz CT molecular complexity index is 735. The molecule has 0 unspecified atom stereocenters. The molecular formula is C18H22N4O5. The Labute approximate surface area is 156 Å². The van der Waals surface area contributed by atoms with Crippen molar-refractivity contribution in [2.24, 2.45) is 0 Å². The molecule has 0 atom stereocenters. The van der Waals surface area contributed by atoms with Gasteiger partial charge in [0, 0.05) is 26.1 Å². The van der Waals surface area contributed by atoms with E-state index < -0.39 is 29.8 Å². The van der Waals surface area contributed by atoms with Crippen molar-refractivity contribution in [2.75, 3.05) is 13.1 Å². The quantitative estimate of drug-likeness (QED) is 0.520. The number of unbranched alkanes of at least 4 members (excludes halogenated alkanes) is 1. The number of urea groups is 2. The summed E-state index contributed by atoms with van der Waals surface area (Å²) in [4.78, 5) is 61.0. The van der Waals surface area contributed by atoms with Crippen molar-refractivity contribution in [1.29, 1.82) is 0 Å². The highest BCUT2D eigenvalue weighted by atomic mass is 16.2. The summed E-state index contributed by atoms with van der Waals surface area (Å²) in [6.45, 7) is 2.07. The van der Waals surface area contributed by atoms with Crippen LogP contribution in [0.2, 0.25) is 0 Å². The van der Waals surface area contributed by atoms with Gasteiger partial charge in [-0.15, -0.1) is 0 Å². The van der Waals surface area contributed by atoms with Gasteiger partial charge in [-0.3, -0.25) is 29.5 Å². The van der Waals surface area contributed by atoms with Crippen LogP contribution in [0, 0.1) is 0 Å².